The third-order valence-corrected chi connectivity index (χ3v) is 4.29. The molecule has 0 atom stereocenters. The normalized spacial score (nSPS) is 10.3. The minimum Gasteiger partial charge on any atom is -0.451 e. The number of hydrogen-bond acceptors (Lipinski definition) is 4. The number of amides is 2. The van der Waals surface area contributed by atoms with E-state index in [9.17, 15) is 14.4 Å². The zero-order chi connectivity index (χ0) is 20.8. The molecule has 0 radical (unpaired) electrons. The van der Waals surface area contributed by atoms with Gasteiger partial charge in [0.25, 0.3) is 11.8 Å². The Kier molecular flexibility index (Phi) is 6.31. The summed E-state index contributed by atoms with van der Waals surface area (Å²) in [4.78, 5) is 36.8. The minimum atomic E-state index is -0.610. The van der Waals surface area contributed by atoms with E-state index in [0.717, 1.165) is 0 Å². The van der Waals surface area contributed by atoms with Crippen LogP contribution in [0, 0.1) is 0 Å². The predicted octanol–water partition coefficient (Wildman–Crippen LogP) is 3.73. The lowest BCUT2D eigenvalue weighted by Gasteiger charge is -2.12. The van der Waals surface area contributed by atoms with E-state index in [2.05, 4.69) is 10.6 Å². The maximum Gasteiger partial charge on any atom is 0.355 e. The van der Waals surface area contributed by atoms with Crippen LogP contribution in [0.5, 0.6) is 0 Å². The molecule has 8 heteroatoms. The number of para-hydroxylation sites is 1. The number of rotatable bonds is 6. The van der Waals surface area contributed by atoms with Crippen LogP contribution in [0.15, 0.2) is 66.9 Å². The fourth-order valence-electron chi connectivity index (χ4n) is 2.59. The number of aromatic nitrogens is 1. The molecule has 2 aromatic carbocycles. The molecule has 2 N–H and O–H groups in total. The van der Waals surface area contributed by atoms with Crippen LogP contribution < -0.4 is 10.6 Å². The van der Waals surface area contributed by atoms with Crippen molar-refractivity contribution in [2.45, 2.75) is 0 Å². The zero-order valence-corrected chi connectivity index (χ0v) is 16.3. The number of nitrogens with one attached hydrogen (secondary N) is 2. The number of carbonyl (C=O) groups excluding carboxylic acids is 3. The quantitative estimate of drug-likeness (QED) is 0.605. The SMILES string of the molecule is Cn1cccc1C(=O)OCC(=O)Nc1ccccc1C(=O)Nc1ccc(Cl)cc1. The van der Waals surface area contributed by atoms with Gasteiger partial charge in [-0.2, -0.15) is 0 Å². The van der Waals surface area contributed by atoms with Gasteiger partial charge in [0.2, 0.25) is 0 Å². The van der Waals surface area contributed by atoms with Crippen LogP contribution >= 0.6 is 11.6 Å². The van der Waals surface area contributed by atoms with E-state index in [-0.39, 0.29) is 5.56 Å². The van der Waals surface area contributed by atoms with Gasteiger partial charge in [0.05, 0.1) is 11.3 Å². The summed E-state index contributed by atoms with van der Waals surface area (Å²) in [6.45, 7) is -0.475. The summed E-state index contributed by atoms with van der Waals surface area (Å²) in [6, 6.07) is 16.5. The Morgan fingerprint density at radius 2 is 1.69 bits per heavy atom. The topological polar surface area (TPSA) is 89.4 Å². The van der Waals surface area contributed by atoms with Gasteiger partial charge in [0, 0.05) is 24.0 Å². The smallest absolute Gasteiger partial charge is 0.355 e. The van der Waals surface area contributed by atoms with Crippen LogP contribution in [0.25, 0.3) is 0 Å². The van der Waals surface area contributed by atoms with Gasteiger partial charge in [0.15, 0.2) is 6.61 Å². The molecule has 0 fully saturated rings. The van der Waals surface area contributed by atoms with E-state index in [4.69, 9.17) is 16.3 Å². The van der Waals surface area contributed by atoms with Crippen molar-refractivity contribution in [3.63, 3.8) is 0 Å². The summed E-state index contributed by atoms with van der Waals surface area (Å²) in [5.74, 6) is -1.57. The largest absolute Gasteiger partial charge is 0.451 e. The lowest BCUT2D eigenvalue weighted by Crippen LogP contribution is -2.23. The number of nitrogens with zero attached hydrogens (tertiary/aromatic N) is 1. The molecule has 0 aliphatic heterocycles. The maximum atomic E-state index is 12.6. The van der Waals surface area contributed by atoms with Crippen molar-refractivity contribution in [3.05, 3.63) is 83.1 Å². The third kappa shape index (κ3) is 5.24. The summed E-state index contributed by atoms with van der Waals surface area (Å²) in [6.07, 6.45) is 1.70. The van der Waals surface area contributed by atoms with E-state index in [1.165, 1.54) is 0 Å². The second-order valence-corrected chi connectivity index (χ2v) is 6.57. The van der Waals surface area contributed by atoms with Crippen LogP contribution in [-0.4, -0.2) is 29.0 Å². The van der Waals surface area contributed by atoms with Gasteiger partial charge < -0.3 is 19.9 Å². The maximum absolute atomic E-state index is 12.6. The molecule has 0 aliphatic carbocycles. The summed E-state index contributed by atoms with van der Waals surface area (Å²) >= 11 is 5.84. The number of ether oxygens (including phenoxy) is 1. The number of anilines is 2. The first-order valence-corrected chi connectivity index (χ1v) is 9.06. The average Bonchev–Trinajstić information content (AvgIpc) is 3.14. The van der Waals surface area contributed by atoms with Gasteiger partial charge in [-0.25, -0.2) is 4.79 Å². The molecule has 0 bridgehead atoms. The Labute approximate surface area is 172 Å². The van der Waals surface area contributed by atoms with E-state index in [1.807, 2.05) is 0 Å². The van der Waals surface area contributed by atoms with Crippen molar-refractivity contribution in [2.75, 3.05) is 17.2 Å². The molecule has 148 valence electrons. The van der Waals surface area contributed by atoms with E-state index >= 15 is 0 Å². The molecule has 0 spiro atoms. The van der Waals surface area contributed by atoms with Crippen LogP contribution in [0.2, 0.25) is 5.02 Å². The Bertz CT molecular complexity index is 1040. The summed E-state index contributed by atoms with van der Waals surface area (Å²) < 4.78 is 6.62. The first kappa shape index (κ1) is 20.2. The van der Waals surface area contributed by atoms with Gasteiger partial charge in [-0.1, -0.05) is 23.7 Å². The zero-order valence-electron chi connectivity index (χ0n) is 15.5. The second kappa shape index (κ2) is 9.07. The molecule has 29 heavy (non-hydrogen) atoms. The van der Waals surface area contributed by atoms with Crippen LogP contribution in [0.4, 0.5) is 11.4 Å². The fraction of sp³-hybridized carbons (Fsp3) is 0.0952. The average molecular weight is 412 g/mol. The molecule has 1 heterocycles. The Balaban J connectivity index is 1.63. The molecule has 3 aromatic rings. The third-order valence-electron chi connectivity index (χ3n) is 4.04. The highest BCUT2D eigenvalue weighted by atomic mass is 35.5. The first-order valence-electron chi connectivity index (χ1n) is 8.68. The summed E-state index contributed by atoms with van der Waals surface area (Å²) in [7, 11) is 1.70. The molecular formula is C21H18ClN3O4. The highest BCUT2D eigenvalue weighted by molar-refractivity contribution is 6.30. The monoisotopic (exact) mass is 411 g/mol. The van der Waals surface area contributed by atoms with Gasteiger partial charge in [-0.15, -0.1) is 0 Å². The number of hydrogen-bond donors (Lipinski definition) is 2. The Hall–Kier alpha value is -3.58. The number of aryl methyl sites for hydroxylation is 1. The van der Waals surface area contributed by atoms with E-state index in [0.29, 0.717) is 22.1 Å². The molecule has 3 rings (SSSR count). The van der Waals surface area contributed by atoms with Crippen molar-refractivity contribution < 1.29 is 19.1 Å². The van der Waals surface area contributed by atoms with Gasteiger partial charge in [-0.05, 0) is 48.5 Å². The number of benzene rings is 2. The lowest BCUT2D eigenvalue weighted by molar-refractivity contribution is -0.119. The second-order valence-electron chi connectivity index (χ2n) is 6.14. The minimum absolute atomic E-state index is 0.268. The first-order chi connectivity index (χ1) is 13.9. The predicted molar refractivity (Wildman–Crippen MR) is 110 cm³/mol. The summed E-state index contributed by atoms with van der Waals surface area (Å²) in [5.41, 5.74) is 1.47. The Morgan fingerprint density at radius 3 is 2.38 bits per heavy atom. The van der Waals surface area contributed by atoms with Crippen molar-refractivity contribution in [3.8, 4) is 0 Å². The molecule has 2 amide bonds. The van der Waals surface area contributed by atoms with Crippen LogP contribution in [0.3, 0.4) is 0 Å². The van der Waals surface area contributed by atoms with Crippen molar-refractivity contribution in [1.82, 2.24) is 4.57 Å². The van der Waals surface area contributed by atoms with Gasteiger partial charge in [-0.3, -0.25) is 9.59 Å². The molecular weight excluding hydrogens is 394 g/mol. The van der Waals surface area contributed by atoms with Crippen molar-refractivity contribution in [1.29, 1.82) is 0 Å². The summed E-state index contributed by atoms with van der Waals surface area (Å²) in [5, 5.41) is 5.89. The van der Waals surface area contributed by atoms with Crippen molar-refractivity contribution >= 4 is 40.8 Å². The van der Waals surface area contributed by atoms with Crippen LogP contribution in [-0.2, 0) is 16.6 Å². The molecule has 0 saturated carbocycles. The molecule has 0 saturated heterocycles. The van der Waals surface area contributed by atoms with E-state index in [1.54, 1.807) is 78.5 Å². The number of halogens is 1. The highest BCUT2D eigenvalue weighted by Gasteiger charge is 2.16. The van der Waals surface area contributed by atoms with E-state index < -0.39 is 24.4 Å². The molecule has 1 aromatic heterocycles. The van der Waals surface area contributed by atoms with Gasteiger partial charge in [0.1, 0.15) is 5.69 Å². The fourth-order valence-corrected chi connectivity index (χ4v) is 2.71. The lowest BCUT2D eigenvalue weighted by atomic mass is 10.1. The van der Waals surface area contributed by atoms with Gasteiger partial charge >= 0.3 is 5.97 Å². The molecule has 7 nitrogen and oxygen atoms in total. The van der Waals surface area contributed by atoms with Crippen LogP contribution in [0.1, 0.15) is 20.8 Å². The molecule has 0 unspecified atom stereocenters. The number of carbonyl (C=O) groups is 3. The highest BCUT2D eigenvalue weighted by Crippen LogP contribution is 2.19. The molecule has 0 aliphatic rings. The standard InChI is InChI=1S/C21H18ClN3O4/c1-25-12-4-7-18(25)21(28)29-13-19(26)24-17-6-3-2-5-16(17)20(27)23-15-10-8-14(22)9-11-15/h2-12H,13H2,1H3,(H,23,27)(H,24,26). The van der Waals surface area contributed by atoms with Crippen molar-refractivity contribution in [2.24, 2.45) is 7.05 Å². The Morgan fingerprint density at radius 1 is 0.966 bits per heavy atom. The number of esters is 1.